The summed E-state index contributed by atoms with van der Waals surface area (Å²) < 4.78 is 1.07. The summed E-state index contributed by atoms with van der Waals surface area (Å²) in [6, 6.07) is 6.06. The van der Waals surface area contributed by atoms with Crippen molar-refractivity contribution in [2.24, 2.45) is 5.92 Å². The van der Waals surface area contributed by atoms with Gasteiger partial charge in [0.1, 0.15) is 0 Å². The van der Waals surface area contributed by atoms with E-state index < -0.39 is 6.10 Å². The highest BCUT2D eigenvalue weighted by Gasteiger charge is 2.09. The average molecular weight is 303 g/mol. The van der Waals surface area contributed by atoms with Crippen molar-refractivity contribution in [2.45, 2.75) is 38.2 Å². The average Bonchev–Trinajstić information content (AvgIpc) is 2.16. The van der Waals surface area contributed by atoms with Crippen LogP contribution in [0.5, 0.6) is 0 Å². The van der Waals surface area contributed by atoms with Crippen LogP contribution in [0.25, 0.3) is 0 Å². The Morgan fingerprint density at radius 2 is 2.00 bits per heavy atom. The number of aliphatic hydroxyl groups excluding tert-OH is 1. The molecule has 0 aliphatic heterocycles. The molecule has 1 atom stereocenters. The summed E-state index contributed by atoms with van der Waals surface area (Å²) in [6.07, 6.45) is 0.811. The Bertz CT molecular complexity index is 337. The number of rotatable bonds is 5. The van der Waals surface area contributed by atoms with Crippen molar-refractivity contribution in [3.05, 3.63) is 28.2 Å². The third kappa shape index (κ3) is 4.48. The number of halogens is 1. The summed E-state index contributed by atoms with van der Waals surface area (Å²) in [5, 5.41) is 9.68. The summed E-state index contributed by atoms with van der Waals surface area (Å²) in [5.41, 5.74) is 1.02. The third-order valence-corrected chi connectivity index (χ3v) is 3.98. The zero-order valence-corrected chi connectivity index (χ0v) is 12.4. The molecule has 0 aliphatic rings. The minimum Gasteiger partial charge on any atom is -0.389 e. The zero-order chi connectivity index (χ0) is 12.1. The molecule has 1 aromatic rings. The molecule has 0 radical (unpaired) electrons. The van der Waals surface area contributed by atoms with Crippen LogP contribution in [-0.2, 0) is 0 Å². The molecule has 3 heteroatoms. The molecule has 1 nitrogen and oxygen atoms in total. The topological polar surface area (TPSA) is 20.2 Å². The Hall–Kier alpha value is 0.01000. The number of hydrogen-bond acceptors (Lipinski definition) is 2. The Labute approximate surface area is 111 Å². The van der Waals surface area contributed by atoms with Gasteiger partial charge in [0.05, 0.1) is 6.10 Å². The molecule has 0 aromatic heterocycles. The van der Waals surface area contributed by atoms with Gasteiger partial charge in [-0.2, -0.15) is 0 Å². The summed E-state index contributed by atoms with van der Waals surface area (Å²) in [4.78, 5) is 1.19. The van der Waals surface area contributed by atoms with Gasteiger partial charge in [-0.15, -0.1) is 11.8 Å². The second kappa shape index (κ2) is 6.67. The molecule has 0 amide bonds. The molecule has 1 rings (SSSR count). The number of thioether (sulfide) groups is 1. The smallest absolute Gasteiger partial charge is 0.0772 e. The normalized spacial score (nSPS) is 13.1. The summed E-state index contributed by atoms with van der Waals surface area (Å²) in [5.74, 6) is 1.84. The van der Waals surface area contributed by atoms with E-state index in [1.165, 1.54) is 11.3 Å². The van der Waals surface area contributed by atoms with Crippen molar-refractivity contribution in [3.63, 3.8) is 0 Å². The molecular formula is C13H19BrOS. The molecule has 0 saturated heterocycles. The lowest BCUT2D eigenvalue weighted by molar-refractivity contribution is 0.196. The first-order chi connectivity index (χ1) is 7.50. The lowest BCUT2D eigenvalue weighted by Gasteiger charge is -2.12. The number of benzene rings is 1. The SMILES string of the molecule is CC(C)CCSc1cc(Br)ccc1C(C)O. The predicted octanol–water partition coefficient (Wildman–Crippen LogP) is 4.64. The second-order valence-electron chi connectivity index (χ2n) is 4.39. The van der Waals surface area contributed by atoms with Gasteiger partial charge in [-0.05, 0) is 42.7 Å². The van der Waals surface area contributed by atoms with E-state index in [1.807, 2.05) is 30.8 Å². The van der Waals surface area contributed by atoms with E-state index in [2.05, 4.69) is 35.8 Å². The molecule has 0 bridgehead atoms. The fourth-order valence-corrected chi connectivity index (χ4v) is 3.32. The predicted molar refractivity (Wildman–Crippen MR) is 75.0 cm³/mol. The van der Waals surface area contributed by atoms with Crippen molar-refractivity contribution in [1.82, 2.24) is 0 Å². The maximum absolute atomic E-state index is 9.68. The number of hydrogen-bond donors (Lipinski definition) is 1. The van der Waals surface area contributed by atoms with Crippen LogP contribution in [-0.4, -0.2) is 10.9 Å². The molecular weight excluding hydrogens is 284 g/mol. The Kier molecular flexibility index (Phi) is 5.87. The van der Waals surface area contributed by atoms with Gasteiger partial charge in [0.2, 0.25) is 0 Å². The van der Waals surface area contributed by atoms with Crippen molar-refractivity contribution in [2.75, 3.05) is 5.75 Å². The molecule has 0 heterocycles. The van der Waals surface area contributed by atoms with E-state index in [0.29, 0.717) is 0 Å². The zero-order valence-electron chi connectivity index (χ0n) is 10.0. The van der Waals surface area contributed by atoms with Crippen LogP contribution >= 0.6 is 27.7 Å². The molecule has 0 aliphatic carbocycles. The van der Waals surface area contributed by atoms with Gasteiger partial charge in [0.25, 0.3) is 0 Å². The minimum atomic E-state index is -0.394. The van der Waals surface area contributed by atoms with Crippen LogP contribution in [0.2, 0.25) is 0 Å². The van der Waals surface area contributed by atoms with Crippen LogP contribution in [0, 0.1) is 5.92 Å². The summed E-state index contributed by atoms with van der Waals surface area (Å²) >= 11 is 5.30. The monoisotopic (exact) mass is 302 g/mol. The molecule has 0 spiro atoms. The first-order valence-corrected chi connectivity index (χ1v) is 7.39. The molecule has 0 saturated carbocycles. The van der Waals surface area contributed by atoms with Crippen molar-refractivity contribution >= 4 is 27.7 Å². The van der Waals surface area contributed by atoms with E-state index in [4.69, 9.17) is 0 Å². The summed E-state index contributed by atoms with van der Waals surface area (Å²) in [6.45, 7) is 6.28. The second-order valence-corrected chi connectivity index (χ2v) is 6.44. The Morgan fingerprint density at radius 1 is 1.31 bits per heavy atom. The quantitative estimate of drug-likeness (QED) is 0.800. The van der Waals surface area contributed by atoms with E-state index >= 15 is 0 Å². The van der Waals surface area contributed by atoms with Crippen molar-refractivity contribution in [1.29, 1.82) is 0 Å². The van der Waals surface area contributed by atoms with Gasteiger partial charge in [0.15, 0.2) is 0 Å². The maximum Gasteiger partial charge on any atom is 0.0772 e. The van der Waals surface area contributed by atoms with Crippen LogP contribution in [0.4, 0.5) is 0 Å². The van der Waals surface area contributed by atoms with Crippen molar-refractivity contribution in [3.8, 4) is 0 Å². The van der Waals surface area contributed by atoms with Gasteiger partial charge in [-0.25, -0.2) is 0 Å². The number of aliphatic hydroxyl groups is 1. The molecule has 90 valence electrons. The van der Waals surface area contributed by atoms with Gasteiger partial charge >= 0.3 is 0 Å². The molecule has 0 fully saturated rings. The Balaban J connectivity index is 2.72. The van der Waals surface area contributed by atoms with E-state index in [9.17, 15) is 5.11 Å². The van der Waals surface area contributed by atoms with E-state index in [1.54, 1.807) is 0 Å². The largest absolute Gasteiger partial charge is 0.389 e. The van der Waals surface area contributed by atoms with Gasteiger partial charge < -0.3 is 5.11 Å². The van der Waals surface area contributed by atoms with Crippen LogP contribution in [0.15, 0.2) is 27.6 Å². The lowest BCUT2D eigenvalue weighted by Crippen LogP contribution is -1.96. The fraction of sp³-hybridized carbons (Fsp3) is 0.538. The van der Waals surface area contributed by atoms with Crippen molar-refractivity contribution < 1.29 is 5.11 Å². The van der Waals surface area contributed by atoms with Crippen LogP contribution in [0.3, 0.4) is 0 Å². The van der Waals surface area contributed by atoms with E-state index in [-0.39, 0.29) is 0 Å². The van der Waals surface area contributed by atoms with E-state index in [0.717, 1.165) is 21.7 Å². The molecule has 16 heavy (non-hydrogen) atoms. The first kappa shape index (κ1) is 14.1. The fourth-order valence-electron chi connectivity index (χ4n) is 1.38. The Morgan fingerprint density at radius 3 is 2.56 bits per heavy atom. The molecule has 1 N–H and O–H groups in total. The minimum absolute atomic E-state index is 0.394. The highest BCUT2D eigenvalue weighted by atomic mass is 79.9. The van der Waals surface area contributed by atoms with Crippen LogP contribution < -0.4 is 0 Å². The van der Waals surface area contributed by atoms with Gasteiger partial charge in [-0.1, -0.05) is 35.8 Å². The maximum atomic E-state index is 9.68. The van der Waals surface area contributed by atoms with Gasteiger partial charge in [0, 0.05) is 9.37 Å². The van der Waals surface area contributed by atoms with Crippen LogP contribution in [0.1, 0.15) is 38.9 Å². The third-order valence-electron chi connectivity index (χ3n) is 2.38. The van der Waals surface area contributed by atoms with Gasteiger partial charge in [-0.3, -0.25) is 0 Å². The lowest BCUT2D eigenvalue weighted by atomic mass is 10.1. The first-order valence-electron chi connectivity index (χ1n) is 5.61. The highest BCUT2D eigenvalue weighted by Crippen LogP contribution is 2.31. The standard InChI is InChI=1S/C13H19BrOS/c1-9(2)6-7-16-13-8-11(14)4-5-12(13)10(3)15/h4-5,8-10,15H,6-7H2,1-3H3. The highest BCUT2D eigenvalue weighted by molar-refractivity contribution is 9.10. The summed E-state index contributed by atoms with van der Waals surface area (Å²) in [7, 11) is 0. The molecule has 1 unspecified atom stereocenters. The molecule has 1 aromatic carbocycles.